The number of benzene rings is 1. The molecule has 0 saturated carbocycles. The average molecular weight is 1050 g/mol. The third-order valence-corrected chi connectivity index (χ3v) is 17.4. The monoisotopic (exact) mass is 1050 g/mol. The van der Waals surface area contributed by atoms with Crippen molar-refractivity contribution in [2.75, 3.05) is 53.4 Å². The van der Waals surface area contributed by atoms with Crippen molar-refractivity contribution in [2.45, 2.75) is 159 Å². The third-order valence-electron chi connectivity index (χ3n) is 10.3. The second-order valence-electron chi connectivity index (χ2n) is 19.5. The van der Waals surface area contributed by atoms with Crippen molar-refractivity contribution < 1.29 is 117 Å². The van der Waals surface area contributed by atoms with E-state index in [1.54, 1.807) is 14.0 Å². The molecule has 0 unspecified atom stereocenters. The van der Waals surface area contributed by atoms with Gasteiger partial charge in [0.1, 0.15) is 28.2 Å². The summed E-state index contributed by atoms with van der Waals surface area (Å²) in [7, 11) is -7.24. The molecule has 0 saturated heterocycles. The molecule has 0 aliphatic rings. The minimum atomic E-state index is -5.81. The van der Waals surface area contributed by atoms with Crippen molar-refractivity contribution >= 4 is 50.6 Å². The topological polar surface area (TPSA) is 210 Å². The molecule has 0 spiro atoms. The maximum absolute atomic E-state index is 13.6. The summed E-state index contributed by atoms with van der Waals surface area (Å²) < 4.78 is 122. The van der Waals surface area contributed by atoms with E-state index in [1.807, 2.05) is 62.3 Å². The van der Waals surface area contributed by atoms with E-state index in [0.717, 1.165) is 31.7 Å². The Balaban J connectivity index is -0.000000411. The molecule has 15 nitrogen and oxygen atoms in total. The van der Waals surface area contributed by atoms with Crippen molar-refractivity contribution in [2.24, 2.45) is 21.7 Å². The Hall–Kier alpha value is -2.00. The summed E-state index contributed by atoms with van der Waals surface area (Å²) in [5, 5.41) is 8.38. The number of halogens is 4. The molecule has 394 valence electrons. The van der Waals surface area contributed by atoms with Crippen LogP contribution in [0.2, 0.25) is 38.8 Å². The fraction of sp³-hybridized carbons (Fsp3) is 0.778. The molecule has 1 rings (SSSR count). The van der Waals surface area contributed by atoms with Gasteiger partial charge in [0.25, 0.3) is 0 Å². The van der Waals surface area contributed by atoms with Crippen LogP contribution in [-0.4, -0.2) is 112 Å². The molecule has 0 radical (unpaired) electrons. The van der Waals surface area contributed by atoms with Gasteiger partial charge in [-0.3, -0.25) is 19.2 Å². The molecular formula is C45H81F4NaO15SSi2. The number of hydrogen-bond donors (Lipinski definition) is 1. The van der Waals surface area contributed by atoms with Crippen LogP contribution in [0.5, 0.6) is 5.75 Å². The second-order valence-corrected chi connectivity index (χ2v) is 29.9. The van der Waals surface area contributed by atoms with Crippen LogP contribution in [0.15, 0.2) is 4.90 Å². The Bertz CT molecular complexity index is 1780. The summed E-state index contributed by atoms with van der Waals surface area (Å²) in [4.78, 5) is 43.8. The summed E-state index contributed by atoms with van der Waals surface area (Å²) >= 11 is 0. The van der Waals surface area contributed by atoms with Gasteiger partial charge >= 0.3 is 53.4 Å². The zero-order valence-electron chi connectivity index (χ0n) is 44.3. The normalized spacial score (nSPS) is 12.1. The largest absolute Gasteiger partial charge is 1.00 e. The number of aliphatic hydroxyl groups is 1. The van der Waals surface area contributed by atoms with E-state index in [0.29, 0.717) is 33.0 Å². The second kappa shape index (κ2) is 32.9. The van der Waals surface area contributed by atoms with Crippen molar-refractivity contribution in [3.63, 3.8) is 0 Å². The molecule has 1 aromatic rings. The zero-order chi connectivity index (χ0) is 53.4. The SMILES string of the molecule is CCC(C)(C)C(=O)OCCC[Si](C)(C)O[Si](C)(C)C.CCC(C)(C)C(=O)OCCO.CCC(C)(C)C(=O)OCCOCCOC.CCC(C)(C)C(=O)Oc1c(F)c(F)c(S(=O)(=O)[O-])c(F)c1F.[Na+]. The maximum atomic E-state index is 13.6. The van der Waals surface area contributed by atoms with Crippen molar-refractivity contribution in [3.8, 4) is 5.75 Å². The number of rotatable bonds is 24. The number of carbonyl (C=O) groups excluding carboxylic acids is 4. The summed E-state index contributed by atoms with van der Waals surface area (Å²) in [5.74, 6) is -12.9. The van der Waals surface area contributed by atoms with Crippen LogP contribution in [0.25, 0.3) is 0 Å². The number of esters is 4. The zero-order valence-corrected chi connectivity index (χ0v) is 49.1. The fourth-order valence-corrected chi connectivity index (χ4v) is 13.1. The summed E-state index contributed by atoms with van der Waals surface area (Å²) in [5.41, 5.74) is -2.39. The van der Waals surface area contributed by atoms with Crippen LogP contribution in [0.4, 0.5) is 17.6 Å². The molecule has 0 bridgehead atoms. The van der Waals surface area contributed by atoms with Crippen LogP contribution in [0.3, 0.4) is 0 Å². The van der Waals surface area contributed by atoms with Crippen LogP contribution in [0.1, 0.15) is 115 Å². The van der Waals surface area contributed by atoms with Crippen molar-refractivity contribution in [1.82, 2.24) is 0 Å². The van der Waals surface area contributed by atoms with E-state index in [9.17, 15) is 49.7 Å². The summed E-state index contributed by atoms with van der Waals surface area (Å²) in [6, 6.07) is 1.05. The molecule has 1 aromatic carbocycles. The van der Waals surface area contributed by atoms with Crippen LogP contribution >= 0.6 is 0 Å². The molecule has 1 N–H and O–H groups in total. The molecule has 23 heteroatoms. The molecular weight excluding hydrogens is 968 g/mol. The quantitative estimate of drug-likeness (QED) is 0.0171. The third kappa shape index (κ3) is 28.8. The Morgan fingerprint density at radius 2 is 0.941 bits per heavy atom. The first-order valence-corrected chi connectivity index (χ1v) is 30.2. The number of hydrogen-bond acceptors (Lipinski definition) is 15. The maximum Gasteiger partial charge on any atom is 1.00 e. The van der Waals surface area contributed by atoms with E-state index in [-0.39, 0.29) is 72.5 Å². The van der Waals surface area contributed by atoms with E-state index < -0.39 is 82.9 Å². The molecule has 0 heterocycles. The van der Waals surface area contributed by atoms with Gasteiger partial charge in [0.15, 0.2) is 28.3 Å². The molecule has 0 atom stereocenters. The van der Waals surface area contributed by atoms with Gasteiger partial charge in [-0.1, -0.05) is 27.7 Å². The first-order valence-electron chi connectivity index (χ1n) is 22.3. The van der Waals surface area contributed by atoms with E-state index in [1.165, 1.54) is 13.8 Å². The number of carbonyl (C=O) groups is 4. The molecule has 68 heavy (non-hydrogen) atoms. The Morgan fingerprint density at radius 1 is 0.588 bits per heavy atom. The van der Waals surface area contributed by atoms with E-state index >= 15 is 0 Å². The number of ether oxygens (including phenoxy) is 6. The van der Waals surface area contributed by atoms with Gasteiger partial charge in [0.05, 0.1) is 54.7 Å². The Kier molecular flexibility index (Phi) is 35.1. The first kappa shape index (κ1) is 72.5. The molecule has 0 aliphatic carbocycles. The van der Waals surface area contributed by atoms with Crippen LogP contribution in [-0.2, 0) is 57.1 Å². The van der Waals surface area contributed by atoms with E-state index in [2.05, 4.69) is 37.5 Å². The van der Waals surface area contributed by atoms with E-state index in [4.69, 9.17) is 32.9 Å². The van der Waals surface area contributed by atoms with Crippen LogP contribution < -0.4 is 34.3 Å². The van der Waals surface area contributed by atoms with Gasteiger partial charge in [-0.25, -0.2) is 17.2 Å². The van der Waals surface area contributed by atoms with Gasteiger partial charge in [-0.05, 0) is 126 Å². The average Bonchev–Trinajstić information content (AvgIpc) is 3.22. The summed E-state index contributed by atoms with van der Waals surface area (Å²) in [6.07, 6.45) is 3.43. The van der Waals surface area contributed by atoms with Gasteiger partial charge in [-0.15, -0.1) is 0 Å². The minimum Gasteiger partial charge on any atom is -0.744 e. The molecule has 0 amide bonds. The molecule has 0 aromatic heterocycles. The van der Waals surface area contributed by atoms with Gasteiger partial charge < -0.3 is 42.2 Å². The van der Waals surface area contributed by atoms with Gasteiger partial charge in [0, 0.05) is 7.11 Å². The standard InChI is InChI=1S/C14H32O3Si2.C12H12F4O5S.C11H22O4.C8H16O3.Na/c1-9-14(2,3)13(15)16-11-10-12-19(7,8)17-18(4,5)6;1-4-12(2,3)11(17)21-9-5(13)7(15)10(22(18,19)20)8(16)6(9)14;1-5-11(2,3)10(12)15-9-8-14-7-6-13-4;1-4-8(2,3)7(10)11-6-5-9;/h9-12H2,1-8H3;4H2,1-3H3,(H,18,19,20);5-9H2,1-4H3;9H,4-6H2,1-3H3;/q;;;;+1/p-1. The van der Waals surface area contributed by atoms with Gasteiger partial charge in [0.2, 0.25) is 17.4 Å². The Morgan fingerprint density at radius 3 is 1.28 bits per heavy atom. The predicted octanol–water partition coefficient (Wildman–Crippen LogP) is 6.49. The molecule has 0 aliphatic heterocycles. The van der Waals surface area contributed by atoms with Crippen LogP contribution in [0, 0.1) is 44.9 Å². The smallest absolute Gasteiger partial charge is 0.744 e. The number of methoxy groups -OCH3 is 1. The Labute approximate surface area is 428 Å². The molecule has 0 fully saturated rings. The predicted molar refractivity (Wildman–Crippen MR) is 250 cm³/mol. The fourth-order valence-electron chi connectivity index (χ4n) is 4.41. The van der Waals surface area contributed by atoms with Gasteiger partial charge in [-0.2, -0.15) is 8.78 Å². The van der Waals surface area contributed by atoms with Crippen molar-refractivity contribution in [1.29, 1.82) is 0 Å². The van der Waals surface area contributed by atoms with Crippen molar-refractivity contribution in [3.05, 3.63) is 23.3 Å². The summed E-state index contributed by atoms with van der Waals surface area (Å²) in [6.45, 7) is 35.0. The first-order chi connectivity index (χ1) is 30.3. The number of aliphatic hydroxyl groups excluding tert-OH is 1. The minimum absolute atomic E-state index is 0.